The summed E-state index contributed by atoms with van der Waals surface area (Å²) in [7, 11) is 0. The van der Waals surface area contributed by atoms with Crippen LogP contribution in [0.1, 0.15) is 19.4 Å². The minimum absolute atomic E-state index is 0.0172. The van der Waals surface area contributed by atoms with Crippen molar-refractivity contribution in [3.05, 3.63) is 45.6 Å². The van der Waals surface area contributed by atoms with Crippen molar-refractivity contribution in [2.45, 2.75) is 26.6 Å². The van der Waals surface area contributed by atoms with Gasteiger partial charge in [-0.05, 0) is 19.1 Å². The quantitative estimate of drug-likeness (QED) is 0.299. The second-order valence-corrected chi connectivity index (χ2v) is 5.14. The predicted molar refractivity (Wildman–Crippen MR) is 75.8 cm³/mol. The third kappa shape index (κ3) is 3.22. The van der Waals surface area contributed by atoms with E-state index in [9.17, 15) is 19.7 Å². The van der Waals surface area contributed by atoms with E-state index in [2.05, 4.69) is 5.32 Å². The van der Waals surface area contributed by atoms with E-state index in [1.165, 1.54) is 32.0 Å². The van der Waals surface area contributed by atoms with Crippen LogP contribution in [0.25, 0.3) is 0 Å². The summed E-state index contributed by atoms with van der Waals surface area (Å²) < 4.78 is 9.88. The number of hydrogen-bond donors (Lipinski definition) is 1. The summed E-state index contributed by atoms with van der Waals surface area (Å²) >= 11 is 0. The first kappa shape index (κ1) is 15.5. The number of nitro benzene ring substituents is 1. The van der Waals surface area contributed by atoms with Gasteiger partial charge in [0.15, 0.2) is 5.57 Å². The van der Waals surface area contributed by atoms with Crippen LogP contribution in [0, 0.1) is 17.0 Å². The molecule has 8 heteroatoms. The lowest BCUT2D eigenvalue weighted by Crippen LogP contribution is -2.42. The molecule has 0 radical (unpaired) electrons. The van der Waals surface area contributed by atoms with Gasteiger partial charge >= 0.3 is 11.9 Å². The standard InChI is InChI=1S/C14H14N2O6/c1-8-6-9(4-5-11(8)16(19)20)15-7-10-12(17)21-14(2,3)22-13(10)18/h4-7,15H,1-3H3. The summed E-state index contributed by atoms with van der Waals surface area (Å²) in [5.74, 6) is -2.89. The van der Waals surface area contributed by atoms with Gasteiger partial charge in [0, 0.05) is 37.4 Å². The molecule has 0 amide bonds. The molecular formula is C14H14N2O6. The number of aryl methyl sites for hydroxylation is 1. The van der Waals surface area contributed by atoms with Crippen molar-refractivity contribution in [1.82, 2.24) is 0 Å². The second kappa shape index (κ2) is 5.47. The Bertz CT molecular complexity index is 671. The fourth-order valence-corrected chi connectivity index (χ4v) is 1.88. The third-order valence-corrected chi connectivity index (χ3v) is 2.89. The summed E-state index contributed by atoms with van der Waals surface area (Å²) in [6, 6.07) is 4.32. The first-order valence-electron chi connectivity index (χ1n) is 6.38. The zero-order chi connectivity index (χ0) is 16.5. The molecule has 1 N–H and O–H groups in total. The first-order valence-corrected chi connectivity index (χ1v) is 6.38. The molecule has 0 aromatic heterocycles. The smallest absolute Gasteiger partial charge is 0.350 e. The Labute approximate surface area is 125 Å². The van der Waals surface area contributed by atoms with E-state index in [1.807, 2.05) is 0 Å². The van der Waals surface area contributed by atoms with Crippen LogP contribution in [0.15, 0.2) is 30.0 Å². The predicted octanol–water partition coefficient (Wildman–Crippen LogP) is 2.04. The molecule has 1 fully saturated rings. The summed E-state index contributed by atoms with van der Waals surface area (Å²) in [5, 5.41) is 13.5. The number of hydrogen-bond acceptors (Lipinski definition) is 7. The van der Waals surface area contributed by atoms with Gasteiger partial charge in [0.25, 0.3) is 11.5 Å². The fraction of sp³-hybridized carbons (Fsp3) is 0.286. The number of nitrogens with one attached hydrogen (secondary N) is 1. The van der Waals surface area contributed by atoms with Crippen LogP contribution < -0.4 is 5.32 Å². The van der Waals surface area contributed by atoms with E-state index >= 15 is 0 Å². The van der Waals surface area contributed by atoms with Gasteiger partial charge in [-0.2, -0.15) is 0 Å². The minimum Gasteiger partial charge on any atom is -0.419 e. The van der Waals surface area contributed by atoms with E-state index in [1.54, 1.807) is 6.92 Å². The monoisotopic (exact) mass is 306 g/mol. The molecule has 1 heterocycles. The number of esters is 2. The van der Waals surface area contributed by atoms with Crippen LogP contribution in [0.5, 0.6) is 0 Å². The van der Waals surface area contributed by atoms with E-state index in [0.717, 1.165) is 6.20 Å². The van der Waals surface area contributed by atoms with Gasteiger partial charge in [-0.25, -0.2) is 9.59 Å². The highest BCUT2D eigenvalue weighted by Gasteiger charge is 2.38. The van der Waals surface area contributed by atoms with Gasteiger partial charge < -0.3 is 14.8 Å². The Hall–Kier alpha value is -2.90. The molecular weight excluding hydrogens is 292 g/mol. The van der Waals surface area contributed by atoms with Crippen LogP contribution in [-0.2, 0) is 19.1 Å². The SMILES string of the molecule is Cc1cc(NC=C2C(=O)OC(C)(C)OC2=O)ccc1[N+](=O)[O-]. The van der Waals surface area contributed by atoms with Crippen LogP contribution in [0.4, 0.5) is 11.4 Å². The van der Waals surface area contributed by atoms with Gasteiger partial charge in [-0.1, -0.05) is 0 Å². The molecule has 0 unspecified atom stereocenters. The van der Waals surface area contributed by atoms with Gasteiger partial charge in [-0.15, -0.1) is 0 Å². The second-order valence-electron chi connectivity index (χ2n) is 5.14. The third-order valence-electron chi connectivity index (χ3n) is 2.89. The maximum atomic E-state index is 11.7. The molecule has 0 bridgehead atoms. The van der Waals surface area contributed by atoms with Crippen molar-refractivity contribution in [3.8, 4) is 0 Å². The molecule has 1 aliphatic heterocycles. The lowest BCUT2D eigenvalue weighted by molar-refractivity contribution is -0.385. The van der Waals surface area contributed by atoms with Crippen LogP contribution in [0.3, 0.4) is 0 Å². The maximum Gasteiger partial charge on any atom is 0.350 e. The van der Waals surface area contributed by atoms with Crippen molar-refractivity contribution in [3.63, 3.8) is 0 Å². The average molecular weight is 306 g/mol. The molecule has 2 rings (SSSR count). The maximum absolute atomic E-state index is 11.7. The number of anilines is 1. The van der Waals surface area contributed by atoms with Crippen molar-refractivity contribution < 1.29 is 24.0 Å². The first-order chi connectivity index (χ1) is 10.2. The number of cyclic esters (lactones) is 2. The number of ether oxygens (including phenoxy) is 2. The minimum atomic E-state index is -1.30. The van der Waals surface area contributed by atoms with Crippen molar-refractivity contribution >= 4 is 23.3 Å². The summed E-state index contributed by atoms with van der Waals surface area (Å²) in [4.78, 5) is 33.7. The summed E-state index contributed by atoms with van der Waals surface area (Å²) in [5.41, 5.74) is 0.635. The zero-order valence-electron chi connectivity index (χ0n) is 12.2. The van der Waals surface area contributed by atoms with Crippen LogP contribution in [-0.4, -0.2) is 22.6 Å². The molecule has 0 spiro atoms. The molecule has 0 atom stereocenters. The van der Waals surface area contributed by atoms with Crippen molar-refractivity contribution in [2.75, 3.05) is 5.32 Å². The van der Waals surface area contributed by atoms with Crippen LogP contribution in [0.2, 0.25) is 0 Å². The summed E-state index contributed by atoms with van der Waals surface area (Å²) in [6.45, 7) is 4.49. The molecule has 1 aliphatic rings. The molecule has 8 nitrogen and oxygen atoms in total. The zero-order valence-corrected chi connectivity index (χ0v) is 12.2. The molecule has 22 heavy (non-hydrogen) atoms. The Morgan fingerprint density at radius 3 is 2.32 bits per heavy atom. The lowest BCUT2D eigenvalue weighted by atomic mass is 10.2. The van der Waals surface area contributed by atoms with Crippen molar-refractivity contribution in [1.29, 1.82) is 0 Å². The fourth-order valence-electron chi connectivity index (χ4n) is 1.88. The van der Waals surface area contributed by atoms with E-state index in [0.29, 0.717) is 11.3 Å². The number of benzene rings is 1. The molecule has 1 aromatic carbocycles. The topological polar surface area (TPSA) is 108 Å². The highest BCUT2D eigenvalue weighted by molar-refractivity contribution is 6.15. The van der Waals surface area contributed by atoms with Gasteiger partial charge in [0.2, 0.25) is 0 Å². The number of rotatable bonds is 3. The van der Waals surface area contributed by atoms with E-state index in [4.69, 9.17) is 9.47 Å². The van der Waals surface area contributed by atoms with E-state index < -0.39 is 22.6 Å². The largest absolute Gasteiger partial charge is 0.419 e. The molecule has 1 saturated heterocycles. The highest BCUT2D eigenvalue weighted by Crippen LogP contribution is 2.24. The molecule has 0 saturated carbocycles. The van der Waals surface area contributed by atoms with Crippen molar-refractivity contribution in [2.24, 2.45) is 0 Å². The Morgan fingerprint density at radius 1 is 1.23 bits per heavy atom. The number of carbonyl (C=O) groups is 2. The molecule has 1 aromatic rings. The van der Waals surface area contributed by atoms with Crippen LogP contribution >= 0.6 is 0 Å². The number of nitrogens with zero attached hydrogens (tertiary/aromatic N) is 1. The lowest BCUT2D eigenvalue weighted by Gasteiger charge is -2.29. The Kier molecular flexibility index (Phi) is 3.85. The van der Waals surface area contributed by atoms with E-state index in [-0.39, 0.29) is 11.3 Å². The summed E-state index contributed by atoms with van der Waals surface area (Å²) in [6.07, 6.45) is 1.15. The Morgan fingerprint density at radius 2 is 1.82 bits per heavy atom. The molecule has 0 aliphatic carbocycles. The van der Waals surface area contributed by atoms with Gasteiger partial charge in [0.05, 0.1) is 4.92 Å². The van der Waals surface area contributed by atoms with Gasteiger partial charge in [0.1, 0.15) is 0 Å². The molecule has 116 valence electrons. The average Bonchev–Trinajstić information content (AvgIpc) is 2.35. The number of nitro groups is 1. The Balaban J connectivity index is 2.18. The highest BCUT2D eigenvalue weighted by atomic mass is 16.7. The van der Waals surface area contributed by atoms with Gasteiger partial charge in [-0.3, -0.25) is 10.1 Å². The number of carbonyl (C=O) groups excluding carboxylic acids is 2. The normalized spacial score (nSPS) is 16.6.